The summed E-state index contributed by atoms with van der Waals surface area (Å²) in [6, 6.07) is 4.01. The van der Waals surface area contributed by atoms with Crippen LogP contribution in [0.3, 0.4) is 0 Å². The molecule has 2 rings (SSSR count). The Bertz CT molecular complexity index is 354. The van der Waals surface area contributed by atoms with E-state index < -0.39 is 5.97 Å². The molecule has 2 atom stereocenters. The van der Waals surface area contributed by atoms with Gasteiger partial charge in [-0.1, -0.05) is 6.92 Å². The van der Waals surface area contributed by atoms with Crippen LogP contribution in [0, 0.1) is 5.92 Å². The zero-order valence-electron chi connectivity index (χ0n) is 8.90. The van der Waals surface area contributed by atoms with E-state index in [0.29, 0.717) is 12.3 Å². The van der Waals surface area contributed by atoms with Crippen molar-refractivity contribution in [2.24, 2.45) is 5.92 Å². The first kappa shape index (κ1) is 10.3. The third-order valence-corrected chi connectivity index (χ3v) is 2.97. The second kappa shape index (κ2) is 4.09. The highest BCUT2D eigenvalue weighted by molar-refractivity contribution is 5.66. The van der Waals surface area contributed by atoms with Gasteiger partial charge in [-0.2, -0.15) is 0 Å². The molecule has 1 heterocycles. The number of rotatable bonds is 5. The first-order valence-electron chi connectivity index (χ1n) is 5.47. The minimum Gasteiger partial charge on any atom is -0.481 e. The van der Waals surface area contributed by atoms with E-state index in [0.717, 1.165) is 23.9 Å². The molecule has 1 aromatic rings. The smallest absolute Gasteiger partial charge is 0.303 e. The third-order valence-electron chi connectivity index (χ3n) is 2.97. The highest BCUT2D eigenvalue weighted by Gasteiger charge is 2.36. The number of carbonyl (C=O) groups is 1. The quantitative estimate of drug-likeness (QED) is 0.809. The summed E-state index contributed by atoms with van der Waals surface area (Å²) in [7, 11) is 0. The fourth-order valence-corrected chi connectivity index (χ4v) is 1.86. The first-order chi connectivity index (χ1) is 7.16. The zero-order valence-corrected chi connectivity index (χ0v) is 8.90. The predicted octanol–water partition coefficient (Wildman–Crippen LogP) is 2.81. The van der Waals surface area contributed by atoms with Gasteiger partial charge in [-0.15, -0.1) is 0 Å². The van der Waals surface area contributed by atoms with Crippen molar-refractivity contribution in [2.75, 3.05) is 0 Å². The molecule has 1 aliphatic carbocycles. The maximum atomic E-state index is 10.3. The molecule has 0 saturated heterocycles. The lowest BCUT2D eigenvalue weighted by Crippen LogP contribution is -1.95. The molecular formula is C12H16O3. The maximum Gasteiger partial charge on any atom is 0.303 e. The Morgan fingerprint density at radius 3 is 2.93 bits per heavy atom. The Morgan fingerprint density at radius 1 is 1.60 bits per heavy atom. The number of aryl methyl sites for hydroxylation is 1. The normalized spacial score (nSPS) is 24.1. The first-order valence-corrected chi connectivity index (χ1v) is 5.47. The van der Waals surface area contributed by atoms with Crippen LogP contribution in [-0.4, -0.2) is 11.1 Å². The van der Waals surface area contributed by atoms with Gasteiger partial charge < -0.3 is 9.52 Å². The van der Waals surface area contributed by atoms with Gasteiger partial charge in [0.25, 0.3) is 0 Å². The average molecular weight is 208 g/mol. The molecule has 3 heteroatoms. The lowest BCUT2D eigenvalue weighted by Gasteiger charge is -1.95. The molecule has 2 unspecified atom stereocenters. The van der Waals surface area contributed by atoms with Crippen molar-refractivity contribution in [3.05, 3.63) is 23.7 Å². The minimum atomic E-state index is -0.738. The van der Waals surface area contributed by atoms with Crippen LogP contribution in [0.15, 0.2) is 16.5 Å². The van der Waals surface area contributed by atoms with Crippen LogP contribution in [0.5, 0.6) is 0 Å². The Hall–Kier alpha value is -1.25. The molecule has 1 aliphatic rings. The van der Waals surface area contributed by atoms with Crippen molar-refractivity contribution < 1.29 is 14.3 Å². The second-order valence-electron chi connectivity index (χ2n) is 4.37. The molecule has 0 radical (unpaired) electrons. The maximum absolute atomic E-state index is 10.3. The molecule has 0 bridgehead atoms. The van der Waals surface area contributed by atoms with Crippen LogP contribution in [0.25, 0.3) is 0 Å². The van der Waals surface area contributed by atoms with Gasteiger partial charge in [-0.3, -0.25) is 4.79 Å². The van der Waals surface area contributed by atoms with E-state index in [1.54, 1.807) is 0 Å². The van der Waals surface area contributed by atoms with Gasteiger partial charge in [0.2, 0.25) is 0 Å². The van der Waals surface area contributed by atoms with Crippen LogP contribution in [-0.2, 0) is 11.2 Å². The molecule has 0 aliphatic heterocycles. The minimum absolute atomic E-state index is 0.218. The Kier molecular flexibility index (Phi) is 2.80. The molecule has 3 nitrogen and oxygen atoms in total. The Morgan fingerprint density at radius 2 is 2.33 bits per heavy atom. The van der Waals surface area contributed by atoms with Gasteiger partial charge in [0.05, 0.1) is 0 Å². The van der Waals surface area contributed by atoms with E-state index in [-0.39, 0.29) is 6.42 Å². The third kappa shape index (κ3) is 2.61. The molecule has 15 heavy (non-hydrogen) atoms. The SMILES string of the molecule is CC1CC1c1ccc(CCCC(=O)O)o1. The van der Waals surface area contributed by atoms with Crippen molar-refractivity contribution >= 4 is 5.97 Å². The fraction of sp³-hybridized carbons (Fsp3) is 0.583. The van der Waals surface area contributed by atoms with E-state index in [1.165, 1.54) is 6.42 Å². The summed E-state index contributed by atoms with van der Waals surface area (Å²) >= 11 is 0. The number of carboxylic acid groups (broad SMARTS) is 1. The van der Waals surface area contributed by atoms with Gasteiger partial charge in [-0.05, 0) is 30.9 Å². The number of furan rings is 1. The Balaban J connectivity index is 1.82. The Labute approximate surface area is 89.1 Å². The number of carboxylic acids is 1. The van der Waals surface area contributed by atoms with Crippen molar-refractivity contribution in [1.82, 2.24) is 0 Å². The number of aliphatic carboxylic acids is 1. The molecule has 0 spiro atoms. The number of hydrogen-bond donors (Lipinski definition) is 1. The summed E-state index contributed by atoms with van der Waals surface area (Å²) in [4.78, 5) is 10.3. The van der Waals surface area contributed by atoms with Gasteiger partial charge in [0.15, 0.2) is 0 Å². The lowest BCUT2D eigenvalue weighted by molar-refractivity contribution is -0.137. The second-order valence-corrected chi connectivity index (χ2v) is 4.37. The summed E-state index contributed by atoms with van der Waals surface area (Å²) in [6.07, 6.45) is 2.83. The van der Waals surface area contributed by atoms with Crippen LogP contribution in [0.4, 0.5) is 0 Å². The predicted molar refractivity (Wildman–Crippen MR) is 55.8 cm³/mol. The topological polar surface area (TPSA) is 50.4 Å². The molecule has 1 fully saturated rings. The summed E-state index contributed by atoms with van der Waals surface area (Å²) < 4.78 is 5.67. The molecule has 1 N–H and O–H groups in total. The fourth-order valence-electron chi connectivity index (χ4n) is 1.86. The monoisotopic (exact) mass is 208 g/mol. The standard InChI is InChI=1S/C12H16O3/c1-8-7-10(8)11-6-5-9(15-11)3-2-4-12(13)14/h5-6,8,10H,2-4,7H2,1H3,(H,13,14). The molecular weight excluding hydrogens is 192 g/mol. The van der Waals surface area contributed by atoms with E-state index >= 15 is 0 Å². The van der Waals surface area contributed by atoms with Crippen molar-refractivity contribution in [1.29, 1.82) is 0 Å². The highest BCUT2D eigenvalue weighted by Crippen LogP contribution is 2.47. The van der Waals surface area contributed by atoms with E-state index in [2.05, 4.69) is 6.92 Å². The summed E-state index contributed by atoms with van der Waals surface area (Å²) in [5.74, 6) is 2.62. The van der Waals surface area contributed by atoms with Crippen LogP contribution >= 0.6 is 0 Å². The lowest BCUT2D eigenvalue weighted by atomic mass is 10.2. The van der Waals surface area contributed by atoms with Crippen molar-refractivity contribution in [2.45, 2.75) is 38.5 Å². The molecule has 0 aromatic carbocycles. The van der Waals surface area contributed by atoms with Crippen LogP contribution in [0.2, 0.25) is 0 Å². The summed E-state index contributed by atoms with van der Waals surface area (Å²) in [5.41, 5.74) is 0. The van der Waals surface area contributed by atoms with Gasteiger partial charge in [-0.25, -0.2) is 0 Å². The summed E-state index contributed by atoms with van der Waals surface area (Å²) in [5, 5.41) is 8.50. The van der Waals surface area contributed by atoms with E-state index in [9.17, 15) is 4.79 Å². The molecule has 1 aromatic heterocycles. The van der Waals surface area contributed by atoms with Gasteiger partial charge in [0, 0.05) is 18.8 Å². The van der Waals surface area contributed by atoms with E-state index in [1.807, 2.05) is 12.1 Å². The van der Waals surface area contributed by atoms with Crippen molar-refractivity contribution in [3.63, 3.8) is 0 Å². The summed E-state index contributed by atoms with van der Waals surface area (Å²) in [6.45, 7) is 2.22. The van der Waals surface area contributed by atoms with Gasteiger partial charge in [0.1, 0.15) is 11.5 Å². The molecule has 1 saturated carbocycles. The van der Waals surface area contributed by atoms with Gasteiger partial charge >= 0.3 is 5.97 Å². The van der Waals surface area contributed by atoms with Crippen LogP contribution in [0.1, 0.15) is 43.6 Å². The van der Waals surface area contributed by atoms with Crippen molar-refractivity contribution in [3.8, 4) is 0 Å². The van der Waals surface area contributed by atoms with Crippen LogP contribution < -0.4 is 0 Å². The zero-order chi connectivity index (χ0) is 10.8. The number of hydrogen-bond acceptors (Lipinski definition) is 2. The average Bonchev–Trinajstić information content (AvgIpc) is 2.73. The molecule has 82 valence electrons. The largest absolute Gasteiger partial charge is 0.481 e. The highest BCUT2D eigenvalue weighted by atomic mass is 16.4. The molecule has 0 amide bonds. The van der Waals surface area contributed by atoms with E-state index in [4.69, 9.17) is 9.52 Å².